The Morgan fingerprint density at radius 3 is 2.94 bits per heavy atom. The average Bonchev–Trinajstić information content (AvgIpc) is 3.40. The Labute approximate surface area is 200 Å². The van der Waals surface area contributed by atoms with E-state index in [1.165, 1.54) is 28.0 Å². The van der Waals surface area contributed by atoms with Gasteiger partial charge in [-0.15, -0.1) is 11.3 Å². The lowest BCUT2D eigenvalue weighted by atomic mass is 10.0. The minimum absolute atomic E-state index is 0.0695. The van der Waals surface area contributed by atoms with E-state index in [9.17, 15) is 9.59 Å². The number of amides is 2. The van der Waals surface area contributed by atoms with Gasteiger partial charge in [0.2, 0.25) is 5.91 Å². The topological polar surface area (TPSA) is 62.2 Å². The predicted molar refractivity (Wildman–Crippen MR) is 133 cm³/mol. The summed E-state index contributed by atoms with van der Waals surface area (Å²) >= 11 is 9.13. The molecule has 1 unspecified atom stereocenters. The maximum atomic E-state index is 13.3. The summed E-state index contributed by atoms with van der Waals surface area (Å²) in [6.07, 6.45) is 3.95. The fraction of sp³-hybridized carbons (Fsp3) is 0.348. The van der Waals surface area contributed by atoms with E-state index in [0.29, 0.717) is 33.2 Å². The van der Waals surface area contributed by atoms with Crippen LogP contribution in [0.5, 0.6) is 5.75 Å². The van der Waals surface area contributed by atoms with E-state index in [0.717, 1.165) is 30.8 Å². The first-order valence-corrected chi connectivity index (χ1v) is 12.6. The van der Waals surface area contributed by atoms with Crippen LogP contribution in [0.4, 0.5) is 5.69 Å². The first kappa shape index (κ1) is 22.9. The molecule has 0 radical (unpaired) electrons. The van der Waals surface area contributed by atoms with Crippen LogP contribution in [-0.4, -0.2) is 47.8 Å². The summed E-state index contributed by atoms with van der Waals surface area (Å²) in [5.41, 5.74) is 0.918. The number of carbonyl (C=O) groups is 2. The van der Waals surface area contributed by atoms with Crippen LogP contribution >= 0.6 is 34.7 Å². The quantitative estimate of drug-likeness (QED) is 0.545. The number of benzene rings is 1. The third-order valence-electron chi connectivity index (χ3n) is 5.38. The Morgan fingerprint density at radius 1 is 1.41 bits per heavy atom. The third-order valence-corrected chi connectivity index (χ3v) is 7.42. The van der Waals surface area contributed by atoms with Gasteiger partial charge >= 0.3 is 0 Å². The number of thioether (sulfide) groups is 1. The third kappa shape index (κ3) is 5.03. The molecule has 1 atom stereocenters. The van der Waals surface area contributed by atoms with Crippen molar-refractivity contribution in [2.24, 2.45) is 10.9 Å². The Balaban J connectivity index is 1.58. The van der Waals surface area contributed by atoms with E-state index in [4.69, 9.17) is 16.3 Å². The molecule has 168 valence electrons. The molecule has 0 aliphatic carbocycles. The average molecular weight is 490 g/mol. The second kappa shape index (κ2) is 10.1. The molecular weight excluding hydrogens is 466 g/mol. The van der Waals surface area contributed by atoms with Gasteiger partial charge in [0, 0.05) is 18.0 Å². The van der Waals surface area contributed by atoms with Crippen LogP contribution in [0.3, 0.4) is 0 Å². The molecule has 1 fully saturated rings. The number of ether oxygens (including phenoxy) is 1. The second-order valence-corrected chi connectivity index (χ2v) is 10.1. The lowest BCUT2D eigenvalue weighted by Crippen LogP contribution is -2.40. The maximum Gasteiger partial charge on any atom is 0.283 e. The molecular formula is C23H24ClN3O3S2. The first-order chi connectivity index (χ1) is 15.5. The van der Waals surface area contributed by atoms with Crippen molar-refractivity contribution in [1.82, 2.24) is 4.90 Å². The van der Waals surface area contributed by atoms with Crippen LogP contribution in [0.15, 0.2) is 46.4 Å². The van der Waals surface area contributed by atoms with Gasteiger partial charge in [0.05, 0.1) is 23.6 Å². The summed E-state index contributed by atoms with van der Waals surface area (Å²) in [6.45, 7) is 3.74. The first-order valence-electron chi connectivity index (χ1n) is 10.4. The number of methoxy groups -OCH3 is 1. The Hall–Kier alpha value is -2.29. The number of halogens is 1. The summed E-state index contributed by atoms with van der Waals surface area (Å²) < 4.78 is 5.23. The number of rotatable bonds is 5. The van der Waals surface area contributed by atoms with Gasteiger partial charge in [0.25, 0.3) is 5.91 Å². The van der Waals surface area contributed by atoms with E-state index < -0.39 is 0 Å². The molecule has 2 aliphatic heterocycles. The predicted octanol–water partition coefficient (Wildman–Crippen LogP) is 5.15. The lowest BCUT2D eigenvalue weighted by Gasteiger charge is -2.31. The largest absolute Gasteiger partial charge is 0.495 e. The smallest absolute Gasteiger partial charge is 0.283 e. The second-order valence-electron chi connectivity index (χ2n) is 7.77. The van der Waals surface area contributed by atoms with Crippen LogP contribution in [0.2, 0.25) is 5.02 Å². The van der Waals surface area contributed by atoms with E-state index in [1.807, 2.05) is 22.4 Å². The standard InChI is InChI=1S/C23H24ClN3O3S2/c1-15-5-3-9-26(13-15)21(28)14-32-23-25-19(12-17-6-4-10-31-17)22(29)27(23)16-7-8-20(30-2)18(24)11-16/h4,6-8,10-12,15H,3,5,9,13-14H2,1-2H3/b19-12+. The van der Waals surface area contributed by atoms with Crippen LogP contribution in [0, 0.1) is 5.92 Å². The van der Waals surface area contributed by atoms with Crippen LogP contribution < -0.4 is 9.64 Å². The van der Waals surface area contributed by atoms with E-state index in [-0.39, 0.29) is 17.6 Å². The van der Waals surface area contributed by atoms with Crippen molar-refractivity contribution in [1.29, 1.82) is 0 Å². The highest BCUT2D eigenvalue weighted by Crippen LogP contribution is 2.34. The van der Waals surface area contributed by atoms with Crippen molar-refractivity contribution in [2.45, 2.75) is 19.8 Å². The molecule has 2 amide bonds. The van der Waals surface area contributed by atoms with Gasteiger partial charge in [0.15, 0.2) is 5.17 Å². The van der Waals surface area contributed by atoms with Gasteiger partial charge in [-0.3, -0.25) is 14.5 Å². The lowest BCUT2D eigenvalue weighted by molar-refractivity contribution is -0.130. The molecule has 0 N–H and O–H groups in total. The number of amidine groups is 1. The number of aliphatic imine (C=N–C) groups is 1. The van der Waals surface area contributed by atoms with Crippen LogP contribution in [0.1, 0.15) is 24.6 Å². The zero-order chi connectivity index (χ0) is 22.7. The molecule has 0 bridgehead atoms. The maximum absolute atomic E-state index is 13.3. The Kier molecular flexibility index (Phi) is 7.23. The molecule has 3 heterocycles. The SMILES string of the molecule is COc1ccc(N2C(=O)/C(=C\c3cccs3)N=C2SCC(=O)N2CCCC(C)C2)cc1Cl. The molecule has 2 aromatic rings. The zero-order valence-electron chi connectivity index (χ0n) is 17.9. The number of thiophene rings is 1. The Morgan fingerprint density at radius 2 is 2.25 bits per heavy atom. The van der Waals surface area contributed by atoms with Gasteiger partial charge < -0.3 is 9.64 Å². The highest BCUT2D eigenvalue weighted by atomic mass is 35.5. The molecule has 2 aliphatic rings. The zero-order valence-corrected chi connectivity index (χ0v) is 20.3. The number of carbonyl (C=O) groups excluding carboxylic acids is 2. The minimum atomic E-state index is -0.249. The van der Waals surface area contributed by atoms with Gasteiger partial charge in [-0.25, -0.2) is 4.99 Å². The number of nitrogens with zero attached hydrogens (tertiary/aromatic N) is 3. The molecule has 4 rings (SSSR count). The molecule has 1 aromatic heterocycles. The van der Waals surface area contributed by atoms with Crippen LogP contribution in [-0.2, 0) is 9.59 Å². The van der Waals surface area contributed by atoms with Gasteiger partial charge in [-0.1, -0.05) is 36.4 Å². The summed E-state index contributed by atoms with van der Waals surface area (Å²) in [6, 6.07) is 9.02. The molecule has 0 saturated carbocycles. The van der Waals surface area contributed by atoms with Crippen molar-refractivity contribution >= 4 is 63.4 Å². The number of hydrogen-bond acceptors (Lipinski definition) is 6. The molecule has 6 nitrogen and oxygen atoms in total. The number of piperidine rings is 1. The monoisotopic (exact) mass is 489 g/mol. The van der Waals surface area contributed by atoms with Crippen molar-refractivity contribution in [2.75, 3.05) is 30.9 Å². The van der Waals surface area contributed by atoms with Gasteiger partial charge in [-0.05, 0) is 54.5 Å². The summed E-state index contributed by atoms with van der Waals surface area (Å²) in [5.74, 6) is 1.09. The fourth-order valence-electron chi connectivity index (χ4n) is 3.76. The normalized spacial score (nSPS) is 20.1. The van der Waals surface area contributed by atoms with Crippen molar-refractivity contribution in [3.05, 3.63) is 51.3 Å². The molecule has 9 heteroatoms. The summed E-state index contributed by atoms with van der Waals surface area (Å²) in [4.78, 5) is 35.0. The number of hydrogen-bond donors (Lipinski definition) is 0. The van der Waals surface area contributed by atoms with Gasteiger partial charge in [0.1, 0.15) is 11.4 Å². The van der Waals surface area contributed by atoms with E-state index in [1.54, 1.807) is 31.4 Å². The van der Waals surface area contributed by atoms with Gasteiger partial charge in [-0.2, -0.15) is 0 Å². The fourth-order valence-corrected chi connectivity index (χ4v) is 5.58. The summed E-state index contributed by atoms with van der Waals surface area (Å²) in [7, 11) is 1.54. The molecule has 0 spiro atoms. The van der Waals surface area contributed by atoms with Crippen molar-refractivity contribution in [3.8, 4) is 5.75 Å². The number of anilines is 1. The molecule has 1 saturated heterocycles. The Bertz CT molecular complexity index is 1070. The highest BCUT2D eigenvalue weighted by molar-refractivity contribution is 8.14. The van der Waals surface area contributed by atoms with Crippen LogP contribution in [0.25, 0.3) is 6.08 Å². The van der Waals surface area contributed by atoms with Crippen molar-refractivity contribution < 1.29 is 14.3 Å². The number of likely N-dealkylation sites (tertiary alicyclic amines) is 1. The minimum Gasteiger partial charge on any atom is -0.495 e. The molecule has 32 heavy (non-hydrogen) atoms. The van der Waals surface area contributed by atoms with E-state index in [2.05, 4.69) is 11.9 Å². The molecule has 1 aromatic carbocycles. The highest BCUT2D eigenvalue weighted by Gasteiger charge is 2.33. The van der Waals surface area contributed by atoms with Crippen molar-refractivity contribution in [3.63, 3.8) is 0 Å². The summed E-state index contributed by atoms with van der Waals surface area (Å²) in [5, 5.41) is 2.82. The van der Waals surface area contributed by atoms with E-state index >= 15 is 0 Å².